The van der Waals surface area contributed by atoms with Gasteiger partial charge < -0.3 is 10.1 Å². The minimum absolute atomic E-state index is 0.0583. The molecule has 0 amide bonds. The lowest BCUT2D eigenvalue weighted by atomic mass is 10.1. The van der Waals surface area contributed by atoms with Crippen LogP contribution < -0.4 is 10.1 Å². The second-order valence-electron chi connectivity index (χ2n) is 5.08. The van der Waals surface area contributed by atoms with Crippen LogP contribution in [0.5, 0.6) is 5.75 Å². The van der Waals surface area contributed by atoms with Gasteiger partial charge in [-0.25, -0.2) is 8.78 Å². The summed E-state index contributed by atoms with van der Waals surface area (Å²) in [5, 5.41) is 12.0. The molecule has 0 aliphatic carbocycles. The van der Waals surface area contributed by atoms with Crippen LogP contribution in [-0.4, -0.2) is 6.10 Å². The molecule has 0 radical (unpaired) electrons. The summed E-state index contributed by atoms with van der Waals surface area (Å²) in [6.45, 7) is 3.94. The summed E-state index contributed by atoms with van der Waals surface area (Å²) in [7, 11) is 0. The van der Waals surface area contributed by atoms with Gasteiger partial charge in [0.25, 0.3) is 0 Å². The van der Waals surface area contributed by atoms with Gasteiger partial charge in [-0.05, 0) is 32.0 Å². The van der Waals surface area contributed by atoms with Crippen molar-refractivity contribution in [1.29, 1.82) is 5.26 Å². The van der Waals surface area contributed by atoms with Crippen LogP contribution in [0.15, 0.2) is 36.4 Å². The Morgan fingerprint density at radius 3 is 2.59 bits per heavy atom. The molecule has 0 spiro atoms. The maximum atomic E-state index is 13.6. The highest BCUT2D eigenvalue weighted by Gasteiger charge is 2.09. The van der Waals surface area contributed by atoms with Gasteiger partial charge in [0.1, 0.15) is 17.4 Å². The zero-order valence-corrected chi connectivity index (χ0v) is 12.4. The number of anilines is 1. The van der Waals surface area contributed by atoms with Crippen LogP contribution in [-0.2, 0) is 6.54 Å². The number of rotatable bonds is 5. The molecule has 2 aromatic rings. The fraction of sp³-hybridized carbons (Fsp3) is 0.235. The molecular weight excluding hydrogens is 286 g/mol. The molecule has 22 heavy (non-hydrogen) atoms. The summed E-state index contributed by atoms with van der Waals surface area (Å²) in [6.07, 6.45) is -0.0583. The number of benzene rings is 2. The first kappa shape index (κ1) is 15.8. The first-order valence-electron chi connectivity index (χ1n) is 6.88. The second kappa shape index (κ2) is 6.90. The van der Waals surface area contributed by atoms with Crippen LogP contribution in [0.4, 0.5) is 14.5 Å². The molecule has 1 N–H and O–H groups in total. The number of nitrogens with one attached hydrogen (secondary N) is 1. The van der Waals surface area contributed by atoms with E-state index in [0.717, 1.165) is 6.07 Å². The van der Waals surface area contributed by atoms with Gasteiger partial charge in [0, 0.05) is 24.2 Å². The summed E-state index contributed by atoms with van der Waals surface area (Å²) in [4.78, 5) is 0. The summed E-state index contributed by atoms with van der Waals surface area (Å²) in [5.74, 6) is -0.688. The molecule has 0 bridgehead atoms. The van der Waals surface area contributed by atoms with Crippen molar-refractivity contribution in [2.24, 2.45) is 0 Å². The molecule has 0 fully saturated rings. The minimum Gasteiger partial charge on any atom is -0.489 e. The molecular formula is C17H16F2N2O. The maximum Gasteiger partial charge on any atom is 0.144 e. The van der Waals surface area contributed by atoms with Crippen LogP contribution in [0.2, 0.25) is 0 Å². The standard InChI is InChI=1S/C17H16F2N2O/c1-11(2)22-17-7-12(9-20)3-6-16(17)21-10-13-4-5-14(18)8-15(13)19/h3-8,11,21H,10H2,1-2H3. The first-order valence-corrected chi connectivity index (χ1v) is 6.88. The molecule has 0 saturated carbocycles. The lowest BCUT2D eigenvalue weighted by Crippen LogP contribution is -2.09. The normalized spacial score (nSPS) is 10.4. The van der Waals surface area contributed by atoms with Gasteiger partial charge >= 0.3 is 0 Å². The van der Waals surface area contributed by atoms with Crippen molar-refractivity contribution in [3.8, 4) is 11.8 Å². The van der Waals surface area contributed by atoms with Crippen molar-refractivity contribution in [2.45, 2.75) is 26.5 Å². The van der Waals surface area contributed by atoms with E-state index in [1.165, 1.54) is 12.1 Å². The SMILES string of the molecule is CC(C)Oc1cc(C#N)ccc1NCc1ccc(F)cc1F. The Labute approximate surface area is 128 Å². The van der Waals surface area contributed by atoms with Gasteiger partial charge in [0.15, 0.2) is 0 Å². The summed E-state index contributed by atoms with van der Waals surface area (Å²) < 4.78 is 32.2. The average molecular weight is 302 g/mol. The topological polar surface area (TPSA) is 45.0 Å². The summed E-state index contributed by atoms with van der Waals surface area (Å²) >= 11 is 0. The monoisotopic (exact) mass is 302 g/mol. The van der Waals surface area contributed by atoms with Gasteiger partial charge in [-0.2, -0.15) is 5.26 Å². The Morgan fingerprint density at radius 1 is 1.18 bits per heavy atom. The van der Waals surface area contributed by atoms with Crippen molar-refractivity contribution in [1.82, 2.24) is 0 Å². The predicted octanol–water partition coefficient (Wildman–Crippen LogP) is 4.24. The van der Waals surface area contributed by atoms with Crippen LogP contribution in [0.25, 0.3) is 0 Å². The first-order chi connectivity index (χ1) is 10.5. The van der Waals surface area contributed by atoms with E-state index in [-0.39, 0.29) is 12.6 Å². The Balaban J connectivity index is 2.19. The summed E-state index contributed by atoms with van der Waals surface area (Å²) in [6, 6.07) is 10.5. The molecule has 0 aromatic heterocycles. The smallest absolute Gasteiger partial charge is 0.144 e. The fourth-order valence-electron chi connectivity index (χ4n) is 1.94. The second-order valence-corrected chi connectivity index (χ2v) is 5.08. The summed E-state index contributed by atoms with van der Waals surface area (Å²) in [5.41, 5.74) is 1.48. The van der Waals surface area contributed by atoms with E-state index in [1.54, 1.807) is 18.2 Å². The molecule has 0 atom stereocenters. The highest BCUT2D eigenvalue weighted by atomic mass is 19.1. The van der Waals surface area contributed by atoms with E-state index >= 15 is 0 Å². The lowest BCUT2D eigenvalue weighted by Gasteiger charge is -2.16. The van der Waals surface area contributed by atoms with E-state index in [1.807, 2.05) is 19.9 Å². The lowest BCUT2D eigenvalue weighted by molar-refractivity contribution is 0.243. The third kappa shape index (κ3) is 3.95. The molecule has 0 aliphatic rings. The number of nitrogens with zero attached hydrogens (tertiary/aromatic N) is 1. The molecule has 3 nitrogen and oxygen atoms in total. The van der Waals surface area contributed by atoms with Crippen molar-refractivity contribution < 1.29 is 13.5 Å². The number of hydrogen-bond donors (Lipinski definition) is 1. The highest BCUT2D eigenvalue weighted by Crippen LogP contribution is 2.27. The zero-order chi connectivity index (χ0) is 16.1. The Kier molecular flexibility index (Phi) is 4.95. The van der Waals surface area contributed by atoms with Crippen molar-refractivity contribution in [2.75, 3.05) is 5.32 Å². The molecule has 114 valence electrons. The number of ether oxygens (including phenoxy) is 1. The molecule has 0 unspecified atom stereocenters. The zero-order valence-electron chi connectivity index (χ0n) is 12.4. The predicted molar refractivity (Wildman–Crippen MR) is 80.6 cm³/mol. The van der Waals surface area contributed by atoms with Gasteiger partial charge in [0.05, 0.1) is 23.4 Å². The molecule has 0 saturated heterocycles. The average Bonchev–Trinajstić information content (AvgIpc) is 2.46. The molecule has 0 aliphatic heterocycles. The van der Waals surface area contributed by atoms with Gasteiger partial charge in [0.2, 0.25) is 0 Å². The third-order valence-electron chi connectivity index (χ3n) is 2.96. The maximum absolute atomic E-state index is 13.6. The fourth-order valence-corrected chi connectivity index (χ4v) is 1.94. The quantitative estimate of drug-likeness (QED) is 0.898. The van der Waals surface area contributed by atoms with Crippen molar-refractivity contribution >= 4 is 5.69 Å². The Bertz CT molecular complexity index is 708. The van der Waals surface area contributed by atoms with E-state index in [9.17, 15) is 8.78 Å². The number of nitriles is 1. The highest BCUT2D eigenvalue weighted by molar-refractivity contribution is 5.59. The number of hydrogen-bond acceptors (Lipinski definition) is 3. The molecule has 2 aromatic carbocycles. The molecule has 2 rings (SSSR count). The largest absolute Gasteiger partial charge is 0.489 e. The molecule has 0 heterocycles. The van der Waals surface area contributed by atoms with E-state index in [4.69, 9.17) is 10.00 Å². The Hall–Kier alpha value is -2.61. The minimum atomic E-state index is -0.608. The van der Waals surface area contributed by atoms with E-state index < -0.39 is 11.6 Å². The Morgan fingerprint density at radius 2 is 1.95 bits per heavy atom. The van der Waals surface area contributed by atoms with Gasteiger partial charge in [-0.15, -0.1) is 0 Å². The van der Waals surface area contributed by atoms with Crippen LogP contribution in [0.3, 0.4) is 0 Å². The van der Waals surface area contributed by atoms with Crippen LogP contribution in [0, 0.1) is 23.0 Å². The third-order valence-corrected chi connectivity index (χ3v) is 2.96. The van der Waals surface area contributed by atoms with E-state index in [0.29, 0.717) is 22.6 Å². The number of halogens is 2. The van der Waals surface area contributed by atoms with Crippen LogP contribution >= 0.6 is 0 Å². The van der Waals surface area contributed by atoms with Gasteiger partial charge in [-0.1, -0.05) is 6.07 Å². The van der Waals surface area contributed by atoms with Crippen molar-refractivity contribution in [3.05, 3.63) is 59.2 Å². The van der Waals surface area contributed by atoms with Crippen molar-refractivity contribution in [3.63, 3.8) is 0 Å². The van der Waals surface area contributed by atoms with Gasteiger partial charge in [-0.3, -0.25) is 0 Å². The molecule has 5 heteroatoms. The van der Waals surface area contributed by atoms with Crippen LogP contribution in [0.1, 0.15) is 25.0 Å². The van der Waals surface area contributed by atoms with E-state index in [2.05, 4.69) is 5.32 Å².